The molecule has 2 atom stereocenters. The maximum absolute atomic E-state index is 15.1. The van der Waals surface area contributed by atoms with E-state index in [1.165, 1.54) is 6.07 Å². The van der Waals surface area contributed by atoms with Crippen LogP contribution >= 0.6 is 0 Å². The van der Waals surface area contributed by atoms with Gasteiger partial charge in [0.05, 0.1) is 35.1 Å². The highest BCUT2D eigenvalue weighted by Crippen LogP contribution is 2.46. The smallest absolute Gasteiger partial charge is 0.343 e. The zero-order valence-corrected chi connectivity index (χ0v) is 21.9. The number of aryl methyl sites for hydroxylation is 1. The summed E-state index contributed by atoms with van der Waals surface area (Å²) < 4.78 is 21.8. The standard InChI is InChI=1S/C30H25FN4O5/c1-3-30(39)18-10-23-26-16(12-35(23)28(37)17(18)13-40-29(30)38)25-20(34-27(36)21-6-4-5-9-32-21)8-7-15-14(2)19(31)11-22(33-26)24(15)25/h4-6,9-11,20,39H,3,7-8,12-13H2,1-2H3,(H,34,36)/t20-,30-/m1/s1. The van der Waals surface area contributed by atoms with E-state index in [1.54, 1.807) is 48.9 Å². The number of esters is 1. The number of hydrogen-bond donors (Lipinski definition) is 2. The number of hydrogen-bond acceptors (Lipinski definition) is 7. The first-order chi connectivity index (χ1) is 19.2. The molecule has 5 heterocycles. The monoisotopic (exact) mass is 540 g/mol. The Hall–Kier alpha value is -4.44. The molecule has 0 spiro atoms. The summed E-state index contributed by atoms with van der Waals surface area (Å²) in [7, 11) is 0. The first-order valence-corrected chi connectivity index (χ1v) is 13.3. The van der Waals surface area contributed by atoms with Crippen molar-refractivity contribution in [1.82, 2.24) is 19.9 Å². The quantitative estimate of drug-likeness (QED) is 0.337. The van der Waals surface area contributed by atoms with Crippen molar-refractivity contribution in [3.05, 3.63) is 91.8 Å². The molecule has 0 unspecified atom stereocenters. The van der Waals surface area contributed by atoms with Gasteiger partial charge in [0, 0.05) is 28.8 Å². The fourth-order valence-electron chi connectivity index (χ4n) is 6.43. The fraction of sp³-hybridized carbons (Fsp3) is 0.300. The molecule has 4 aromatic rings. The molecule has 0 radical (unpaired) electrons. The van der Waals surface area contributed by atoms with Crippen LogP contribution in [0.2, 0.25) is 0 Å². The van der Waals surface area contributed by atoms with Gasteiger partial charge in [-0.2, -0.15) is 0 Å². The molecule has 0 bridgehead atoms. The Balaban J connectivity index is 1.47. The van der Waals surface area contributed by atoms with Gasteiger partial charge in [0.1, 0.15) is 18.1 Å². The summed E-state index contributed by atoms with van der Waals surface area (Å²) in [5.74, 6) is -1.51. The summed E-state index contributed by atoms with van der Waals surface area (Å²) in [6, 6.07) is 7.70. The van der Waals surface area contributed by atoms with E-state index < -0.39 is 17.6 Å². The van der Waals surface area contributed by atoms with Crippen LogP contribution in [0.3, 0.4) is 0 Å². The number of pyridine rings is 3. The highest BCUT2D eigenvalue weighted by Gasteiger charge is 2.46. The molecule has 0 fully saturated rings. The summed E-state index contributed by atoms with van der Waals surface area (Å²) in [6.45, 7) is 3.33. The van der Waals surface area contributed by atoms with Gasteiger partial charge in [0.2, 0.25) is 0 Å². The van der Waals surface area contributed by atoms with Crippen LogP contribution < -0.4 is 10.9 Å². The molecule has 1 aliphatic carbocycles. The highest BCUT2D eigenvalue weighted by atomic mass is 19.1. The first kappa shape index (κ1) is 24.6. The van der Waals surface area contributed by atoms with Crippen molar-refractivity contribution in [3.63, 3.8) is 0 Å². The van der Waals surface area contributed by atoms with Crippen LogP contribution in [0.15, 0.2) is 41.3 Å². The van der Waals surface area contributed by atoms with Crippen LogP contribution in [-0.4, -0.2) is 31.5 Å². The van der Waals surface area contributed by atoms with Crippen molar-refractivity contribution in [1.29, 1.82) is 0 Å². The highest BCUT2D eigenvalue weighted by molar-refractivity contribution is 5.96. The summed E-state index contributed by atoms with van der Waals surface area (Å²) >= 11 is 0. The van der Waals surface area contributed by atoms with E-state index in [0.29, 0.717) is 35.3 Å². The van der Waals surface area contributed by atoms with E-state index in [9.17, 15) is 19.5 Å². The van der Waals surface area contributed by atoms with Crippen LogP contribution in [0.5, 0.6) is 0 Å². The minimum absolute atomic E-state index is 0.0282. The largest absolute Gasteiger partial charge is 0.458 e. The molecule has 10 heteroatoms. The minimum atomic E-state index is -1.95. The van der Waals surface area contributed by atoms with Crippen LogP contribution in [0.25, 0.3) is 22.3 Å². The van der Waals surface area contributed by atoms with Crippen molar-refractivity contribution < 1.29 is 23.8 Å². The maximum atomic E-state index is 15.1. The van der Waals surface area contributed by atoms with Gasteiger partial charge in [-0.1, -0.05) is 13.0 Å². The fourth-order valence-corrected chi connectivity index (χ4v) is 6.43. The van der Waals surface area contributed by atoms with Crippen LogP contribution in [0.4, 0.5) is 4.39 Å². The third-order valence-electron chi connectivity index (χ3n) is 8.58. The number of nitrogens with one attached hydrogen (secondary N) is 1. The van der Waals surface area contributed by atoms with Gasteiger partial charge in [-0.3, -0.25) is 14.6 Å². The zero-order valence-electron chi connectivity index (χ0n) is 21.9. The number of amides is 1. The molecule has 9 nitrogen and oxygen atoms in total. The number of benzene rings is 1. The lowest BCUT2D eigenvalue weighted by Gasteiger charge is -2.31. The van der Waals surface area contributed by atoms with E-state index in [1.807, 2.05) is 0 Å². The van der Waals surface area contributed by atoms with Crippen LogP contribution in [-0.2, 0) is 34.7 Å². The summed E-state index contributed by atoms with van der Waals surface area (Å²) in [5, 5.41) is 15.1. The lowest BCUT2D eigenvalue weighted by atomic mass is 9.81. The van der Waals surface area contributed by atoms with E-state index in [0.717, 1.165) is 22.1 Å². The van der Waals surface area contributed by atoms with Crippen molar-refractivity contribution in [2.75, 3.05) is 0 Å². The Morgan fingerprint density at radius 2 is 2.08 bits per heavy atom. The third-order valence-corrected chi connectivity index (χ3v) is 8.58. The zero-order chi connectivity index (χ0) is 27.9. The molecular formula is C30H25FN4O5. The number of fused-ring (bicyclic) bond motifs is 5. The number of rotatable bonds is 3. The number of aliphatic hydroxyl groups is 1. The second kappa shape index (κ2) is 8.53. The molecule has 7 rings (SSSR count). The van der Waals surface area contributed by atoms with Crippen molar-refractivity contribution in [3.8, 4) is 11.4 Å². The lowest BCUT2D eigenvalue weighted by molar-refractivity contribution is -0.172. The van der Waals surface area contributed by atoms with Gasteiger partial charge in [-0.25, -0.2) is 14.2 Å². The molecule has 0 saturated heterocycles. The van der Waals surface area contributed by atoms with Gasteiger partial charge >= 0.3 is 5.97 Å². The number of carbonyl (C=O) groups is 2. The number of aromatic nitrogens is 3. The summed E-state index contributed by atoms with van der Waals surface area (Å²) in [6.07, 6.45) is 2.66. The predicted octanol–water partition coefficient (Wildman–Crippen LogP) is 3.34. The SMILES string of the molecule is CC[C@]1(O)C(=O)OCc2c1cc1n(c2=O)Cc2c-1nc1cc(F)c(C)c3c1c2[C@H](NC(=O)c1ccccn1)CC3. The molecule has 3 aromatic heterocycles. The Kier molecular flexibility index (Phi) is 5.24. The maximum Gasteiger partial charge on any atom is 0.343 e. The Morgan fingerprint density at radius 1 is 1.25 bits per heavy atom. The molecule has 2 N–H and O–H groups in total. The van der Waals surface area contributed by atoms with Crippen molar-refractivity contribution in [2.45, 2.75) is 57.9 Å². The molecule has 0 saturated carbocycles. The topological polar surface area (TPSA) is 123 Å². The normalized spacial score (nSPS) is 20.5. The number of halogens is 1. The molecule has 2 aliphatic heterocycles. The van der Waals surface area contributed by atoms with Gasteiger partial charge in [-0.05, 0) is 61.1 Å². The number of cyclic esters (lactones) is 1. The van der Waals surface area contributed by atoms with Crippen LogP contribution in [0.1, 0.15) is 69.7 Å². The van der Waals surface area contributed by atoms with E-state index in [2.05, 4.69) is 10.3 Å². The van der Waals surface area contributed by atoms with E-state index >= 15 is 4.39 Å². The molecule has 40 heavy (non-hydrogen) atoms. The molecule has 202 valence electrons. The Morgan fingerprint density at radius 3 is 2.83 bits per heavy atom. The molecule has 3 aliphatic rings. The number of ether oxygens (including phenoxy) is 1. The second-order valence-electron chi connectivity index (χ2n) is 10.6. The number of carbonyl (C=O) groups excluding carboxylic acids is 2. The van der Waals surface area contributed by atoms with Crippen molar-refractivity contribution in [2.24, 2.45) is 0 Å². The minimum Gasteiger partial charge on any atom is -0.458 e. The van der Waals surface area contributed by atoms with Gasteiger partial charge in [0.25, 0.3) is 11.5 Å². The van der Waals surface area contributed by atoms with Gasteiger partial charge in [0.15, 0.2) is 5.60 Å². The summed E-state index contributed by atoms with van der Waals surface area (Å²) in [5.41, 5.74) is 2.62. The van der Waals surface area contributed by atoms with Gasteiger partial charge in [-0.15, -0.1) is 0 Å². The average Bonchev–Trinajstić information content (AvgIpc) is 3.33. The third kappa shape index (κ3) is 3.25. The number of nitrogens with zero attached hydrogens (tertiary/aromatic N) is 3. The van der Waals surface area contributed by atoms with Crippen LogP contribution in [0, 0.1) is 12.7 Å². The van der Waals surface area contributed by atoms with Gasteiger partial charge < -0.3 is 19.7 Å². The molecule has 1 amide bonds. The second-order valence-corrected chi connectivity index (χ2v) is 10.6. The summed E-state index contributed by atoms with van der Waals surface area (Å²) in [4.78, 5) is 48.4. The Bertz CT molecular complexity index is 1850. The predicted molar refractivity (Wildman–Crippen MR) is 142 cm³/mol. The molecular weight excluding hydrogens is 515 g/mol. The van der Waals surface area contributed by atoms with E-state index in [4.69, 9.17) is 9.72 Å². The van der Waals surface area contributed by atoms with Crippen molar-refractivity contribution >= 4 is 22.8 Å². The first-order valence-electron chi connectivity index (χ1n) is 13.3. The van der Waals surface area contributed by atoms with E-state index in [-0.39, 0.29) is 53.7 Å². The average molecular weight is 541 g/mol. The molecule has 1 aromatic carbocycles. The lowest BCUT2D eigenvalue weighted by Crippen LogP contribution is -2.44. The Labute approximate surface area is 227 Å².